The minimum absolute atomic E-state index is 0.166. The van der Waals surface area contributed by atoms with Crippen LogP contribution in [0.5, 0.6) is 17.2 Å². The van der Waals surface area contributed by atoms with Gasteiger partial charge in [-0.2, -0.15) is 0 Å². The van der Waals surface area contributed by atoms with E-state index in [-0.39, 0.29) is 11.5 Å². The molecule has 1 aromatic heterocycles. The molecule has 5 heteroatoms. The number of benzene rings is 2. The lowest BCUT2D eigenvalue weighted by Crippen LogP contribution is -1.97. The SMILES string of the molecule is COc1ccc(COc2ccc3c(c2)O/C(=C\c2ccc(C)o2)C3=O)cc1. The predicted octanol–water partition coefficient (Wildman–Crippen LogP) is 4.79. The molecule has 27 heavy (non-hydrogen) atoms. The van der Waals surface area contributed by atoms with Gasteiger partial charge in [0.2, 0.25) is 5.78 Å². The number of allylic oxidation sites excluding steroid dienone is 1. The van der Waals surface area contributed by atoms with Crippen molar-refractivity contribution in [2.75, 3.05) is 7.11 Å². The van der Waals surface area contributed by atoms with Crippen LogP contribution in [0.3, 0.4) is 0 Å². The first-order chi connectivity index (χ1) is 13.1. The third kappa shape index (κ3) is 3.58. The lowest BCUT2D eigenvalue weighted by atomic mass is 10.1. The molecule has 0 saturated carbocycles. The maximum Gasteiger partial charge on any atom is 0.232 e. The zero-order valence-corrected chi connectivity index (χ0v) is 15.0. The van der Waals surface area contributed by atoms with Gasteiger partial charge in [-0.1, -0.05) is 12.1 Å². The zero-order valence-electron chi connectivity index (χ0n) is 15.0. The summed E-state index contributed by atoms with van der Waals surface area (Å²) in [6.45, 7) is 2.26. The molecule has 0 atom stereocenters. The van der Waals surface area contributed by atoms with Crippen LogP contribution in [0.4, 0.5) is 0 Å². The summed E-state index contributed by atoms with van der Waals surface area (Å²) in [7, 11) is 1.63. The quantitative estimate of drug-likeness (QED) is 0.611. The lowest BCUT2D eigenvalue weighted by molar-refractivity contribution is 0.101. The number of carbonyl (C=O) groups is 1. The number of ether oxygens (including phenoxy) is 3. The van der Waals surface area contributed by atoms with Crippen LogP contribution in [0.2, 0.25) is 0 Å². The molecule has 0 bridgehead atoms. The van der Waals surface area contributed by atoms with Gasteiger partial charge in [-0.3, -0.25) is 4.79 Å². The van der Waals surface area contributed by atoms with E-state index in [1.807, 2.05) is 37.3 Å². The highest BCUT2D eigenvalue weighted by molar-refractivity contribution is 6.14. The minimum Gasteiger partial charge on any atom is -0.497 e. The van der Waals surface area contributed by atoms with E-state index in [1.165, 1.54) is 0 Å². The summed E-state index contributed by atoms with van der Waals surface area (Å²) >= 11 is 0. The van der Waals surface area contributed by atoms with Crippen molar-refractivity contribution in [2.24, 2.45) is 0 Å². The van der Waals surface area contributed by atoms with Gasteiger partial charge >= 0.3 is 0 Å². The number of hydrogen-bond donors (Lipinski definition) is 0. The first-order valence-electron chi connectivity index (χ1n) is 8.53. The van der Waals surface area contributed by atoms with E-state index in [0.29, 0.717) is 29.4 Å². The molecular weight excluding hydrogens is 344 g/mol. The number of furan rings is 1. The summed E-state index contributed by atoms with van der Waals surface area (Å²) in [5, 5.41) is 0. The fourth-order valence-electron chi connectivity index (χ4n) is 2.81. The maximum atomic E-state index is 12.5. The van der Waals surface area contributed by atoms with Crippen molar-refractivity contribution in [3.05, 3.63) is 83.0 Å². The molecule has 0 spiro atoms. The Bertz CT molecular complexity index is 1010. The molecule has 3 aromatic rings. The van der Waals surface area contributed by atoms with Crippen LogP contribution in [0.1, 0.15) is 27.4 Å². The van der Waals surface area contributed by atoms with Gasteiger partial charge in [0.1, 0.15) is 35.4 Å². The zero-order chi connectivity index (χ0) is 18.8. The largest absolute Gasteiger partial charge is 0.497 e. The van der Waals surface area contributed by atoms with Crippen molar-refractivity contribution in [1.29, 1.82) is 0 Å². The summed E-state index contributed by atoms with van der Waals surface area (Å²) in [5.74, 6) is 3.36. The number of methoxy groups -OCH3 is 1. The summed E-state index contributed by atoms with van der Waals surface area (Å²) in [4.78, 5) is 12.5. The van der Waals surface area contributed by atoms with Crippen LogP contribution in [-0.4, -0.2) is 12.9 Å². The average molecular weight is 362 g/mol. The van der Waals surface area contributed by atoms with Gasteiger partial charge in [0, 0.05) is 12.1 Å². The van der Waals surface area contributed by atoms with E-state index < -0.39 is 0 Å². The van der Waals surface area contributed by atoms with Crippen LogP contribution in [0.15, 0.2) is 64.8 Å². The van der Waals surface area contributed by atoms with Crippen molar-refractivity contribution in [1.82, 2.24) is 0 Å². The average Bonchev–Trinajstić information content (AvgIpc) is 3.23. The van der Waals surface area contributed by atoms with E-state index in [9.17, 15) is 4.79 Å². The molecule has 5 nitrogen and oxygen atoms in total. The third-order valence-electron chi connectivity index (χ3n) is 4.24. The van der Waals surface area contributed by atoms with Crippen molar-refractivity contribution >= 4 is 11.9 Å². The second kappa shape index (κ2) is 7.03. The molecule has 0 amide bonds. The number of Topliss-reactive ketones (excluding diaryl/α,β-unsaturated/α-hetero) is 1. The molecule has 0 aliphatic carbocycles. The van der Waals surface area contributed by atoms with Crippen LogP contribution in [-0.2, 0) is 6.61 Å². The third-order valence-corrected chi connectivity index (χ3v) is 4.24. The van der Waals surface area contributed by atoms with Gasteiger partial charge < -0.3 is 18.6 Å². The van der Waals surface area contributed by atoms with Crippen molar-refractivity contribution < 1.29 is 23.4 Å². The minimum atomic E-state index is -0.166. The number of carbonyl (C=O) groups excluding carboxylic acids is 1. The molecule has 0 N–H and O–H groups in total. The van der Waals surface area contributed by atoms with Crippen molar-refractivity contribution in [2.45, 2.75) is 13.5 Å². The van der Waals surface area contributed by atoms with E-state index in [1.54, 1.807) is 37.5 Å². The van der Waals surface area contributed by atoms with Crippen molar-refractivity contribution in [3.8, 4) is 17.2 Å². The monoisotopic (exact) mass is 362 g/mol. The van der Waals surface area contributed by atoms with E-state index in [0.717, 1.165) is 17.1 Å². The second-order valence-corrected chi connectivity index (χ2v) is 6.18. The topological polar surface area (TPSA) is 57.9 Å². The Hall–Kier alpha value is -3.47. The second-order valence-electron chi connectivity index (χ2n) is 6.18. The van der Waals surface area contributed by atoms with Crippen LogP contribution >= 0.6 is 0 Å². The first-order valence-corrected chi connectivity index (χ1v) is 8.53. The molecule has 1 aliphatic rings. The number of fused-ring (bicyclic) bond motifs is 1. The molecule has 0 fully saturated rings. The molecule has 2 heterocycles. The highest BCUT2D eigenvalue weighted by atomic mass is 16.5. The summed E-state index contributed by atoms with van der Waals surface area (Å²) in [6.07, 6.45) is 1.60. The van der Waals surface area contributed by atoms with Gasteiger partial charge in [0.25, 0.3) is 0 Å². The number of aryl methyl sites for hydroxylation is 1. The molecule has 0 radical (unpaired) electrons. The Morgan fingerprint density at radius 3 is 2.48 bits per heavy atom. The maximum absolute atomic E-state index is 12.5. The van der Waals surface area contributed by atoms with Gasteiger partial charge in [0.15, 0.2) is 5.76 Å². The van der Waals surface area contributed by atoms with E-state index in [2.05, 4.69) is 0 Å². The number of rotatable bonds is 5. The van der Waals surface area contributed by atoms with E-state index in [4.69, 9.17) is 18.6 Å². The highest BCUT2D eigenvalue weighted by Gasteiger charge is 2.28. The highest BCUT2D eigenvalue weighted by Crippen LogP contribution is 2.35. The van der Waals surface area contributed by atoms with Gasteiger partial charge in [-0.15, -0.1) is 0 Å². The van der Waals surface area contributed by atoms with Crippen LogP contribution < -0.4 is 14.2 Å². The van der Waals surface area contributed by atoms with Gasteiger partial charge in [0.05, 0.1) is 12.7 Å². The number of ketones is 1. The normalized spacial score (nSPS) is 14.1. The smallest absolute Gasteiger partial charge is 0.232 e. The van der Waals surface area contributed by atoms with Gasteiger partial charge in [-0.05, 0) is 48.9 Å². The summed E-state index contributed by atoms with van der Waals surface area (Å²) in [5.41, 5.74) is 1.53. The van der Waals surface area contributed by atoms with Gasteiger partial charge in [-0.25, -0.2) is 0 Å². The Balaban J connectivity index is 1.47. The Kier molecular flexibility index (Phi) is 4.42. The molecule has 4 rings (SSSR count). The summed E-state index contributed by atoms with van der Waals surface area (Å²) in [6, 6.07) is 16.5. The summed E-state index contributed by atoms with van der Waals surface area (Å²) < 4.78 is 22.1. The fourth-order valence-corrected chi connectivity index (χ4v) is 2.81. The predicted molar refractivity (Wildman–Crippen MR) is 100 cm³/mol. The molecule has 0 saturated heterocycles. The fraction of sp³-hybridized carbons (Fsp3) is 0.136. The molecule has 0 unspecified atom stereocenters. The molecule has 2 aromatic carbocycles. The molecular formula is C22H18O5. The Morgan fingerprint density at radius 1 is 1.00 bits per heavy atom. The van der Waals surface area contributed by atoms with Crippen LogP contribution in [0, 0.1) is 6.92 Å². The molecule has 1 aliphatic heterocycles. The van der Waals surface area contributed by atoms with Crippen LogP contribution in [0.25, 0.3) is 6.08 Å². The first kappa shape index (κ1) is 17.0. The van der Waals surface area contributed by atoms with E-state index >= 15 is 0 Å². The molecule has 136 valence electrons. The van der Waals surface area contributed by atoms with Crippen molar-refractivity contribution in [3.63, 3.8) is 0 Å². The lowest BCUT2D eigenvalue weighted by Gasteiger charge is -2.08. The number of hydrogen-bond acceptors (Lipinski definition) is 5. The standard InChI is InChI=1S/C22H18O5/c1-14-3-6-18(26-14)12-21-22(23)19-10-9-17(11-20(19)27-21)25-13-15-4-7-16(24-2)8-5-15/h3-12H,13H2,1-2H3/b21-12-. The Labute approximate surface area is 156 Å². The Morgan fingerprint density at radius 2 is 1.78 bits per heavy atom.